The van der Waals surface area contributed by atoms with Crippen molar-refractivity contribution in [3.05, 3.63) is 65.7 Å². The molecule has 0 radical (unpaired) electrons. The van der Waals surface area contributed by atoms with Crippen LogP contribution in [0.3, 0.4) is 0 Å². The van der Waals surface area contributed by atoms with Crippen molar-refractivity contribution in [2.75, 3.05) is 5.32 Å². The van der Waals surface area contributed by atoms with Gasteiger partial charge in [0.15, 0.2) is 5.11 Å². The Morgan fingerprint density at radius 1 is 0.893 bits per heavy atom. The van der Waals surface area contributed by atoms with Gasteiger partial charge in [-0.25, -0.2) is 0 Å². The highest BCUT2D eigenvalue weighted by Crippen LogP contribution is 2.09. The van der Waals surface area contributed by atoms with Gasteiger partial charge in [-0.1, -0.05) is 37.3 Å². The molecular weight excluding hydrogens is 376 g/mol. The average molecular weight is 398 g/mol. The second-order valence-corrected chi connectivity index (χ2v) is 6.33. The highest BCUT2D eigenvalue weighted by atomic mass is 32.1. The van der Waals surface area contributed by atoms with Crippen molar-refractivity contribution < 1.29 is 14.4 Å². The summed E-state index contributed by atoms with van der Waals surface area (Å²) in [6.07, 6.45) is 1.26. The largest absolute Gasteiger partial charge is 0.326 e. The highest BCUT2D eigenvalue weighted by molar-refractivity contribution is 7.80. The van der Waals surface area contributed by atoms with Gasteiger partial charge in [-0.2, -0.15) is 0 Å². The number of hydrogen-bond acceptors (Lipinski definition) is 4. The predicted octanol–water partition coefficient (Wildman–Crippen LogP) is 2.30. The van der Waals surface area contributed by atoms with Crippen LogP contribution in [-0.4, -0.2) is 22.8 Å². The Bertz CT molecular complexity index is 838. The van der Waals surface area contributed by atoms with Crippen LogP contribution in [0, 0.1) is 0 Å². The molecule has 2 aromatic carbocycles. The lowest BCUT2D eigenvalue weighted by molar-refractivity contribution is -0.119. The molecule has 3 amide bonds. The van der Waals surface area contributed by atoms with Gasteiger partial charge in [0.2, 0.25) is 11.8 Å². The number of nitrogens with one attached hydrogen (secondary N) is 4. The maximum absolute atomic E-state index is 12.1. The van der Waals surface area contributed by atoms with Gasteiger partial charge in [0, 0.05) is 24.1 Å². The minimum atomic E-state index is -0.422. The van der Waals surface area contributed by atoms with E-state index in [9.17, 15) is 14.4 Å². The van der Waals surface area contributed by atoms with Crippen LogP contribution in [0.5, 0.6) is 0 Å². The molecule has 0 spiro atoms. The fraction of sp³-hybridized carbons (Fsp3) is 0.200. The van der Waals surface area contributed by atoms with Crippen LogP contribution in [-0.2, 0) is 16.0 Å². The normalized spacial score (nSPS) is 9.89. The first kappa shape index (κ1) is 21.0. The minimum absolute atomic E-state index is 0.0123. The van der Waals surface area contributed by atoms with E-state index in [0.717, 1.165) is 5.56 Å². The van der Waals surface area contributed by atoms with E-state index >= 15 is 0 Å². The van der Waals surface area contributed by atoms with Crippen molar-refractivity contribution >= 4 is 40.7 Å². The van der Waals surface area contributed by atoms with Crippen molar-refractivity contribution in [2.24, 2.45) is 0 Å². The zero-order chi connectivity index (χ0) is 20.4. The van der Waals surface area contributed by atoms with Crippen LogP contribution in [0.4, 0.5) is 5.69 Å². The highest BCUT2D eigenvalue weighted by Gasteiger charge is 2.08. The number of thiocarbonyl (C=S) groups is 1. The molecule has 0 aliphatic rings. The first-order chi connectivity index (χ1) is 13.5. The number of amides is 3. The number of anilines is 1. The number of benzene rings is 2. The van der Waals surface area contributed by atoms with Gasteiger partial charge in [0.25, 0.3) is 5.91 Å². The van der Waals surface area contributed by atoms with Gasteiger partial charge in [-0.3, -0.25) is 25.2 Å². The van der Waals surface area contributed by atoms with E-state index in [4.69, 9.17) is 12.2 Å². The molecule has 0 unspecified atom stereocenters. The Morgan fingerprint density at radius 3 is 2.21 bits per heavy atom. The number of aryl methyl sites for hydroxylation is 1. The van der Waals surface area contributed by atoms with Crippen LogP contribution in [0.15, 0.2) is 54.6 Å². The van der Waals surface area contributed by atoms with E-state index in [1.165, 1.54) is 0 Å². The van der Waals surface area contributed by atoms with Crippen molar-refractivity contribution in [2.45, 2.75) is 26.2 Å². The fourth-order valence-corrected chi connectivity index (χ4v) is 2.43. The van der Waals surface area contributed by atoms with E-state index in [2.05, 4.69) is 21.5 Å². The molecule has 4 N–H and O–H groups in total. The Kier molecular flexibility index (Phi) is 8.11. The van der Waals surface area contributed by atoms with E-state index in [1.54, 1.807) is 31.2 Å². The molecule has 0 saturated heterocycles. The smallest absolute Gasteiger partial charge is 0.269 e. The summed E-state index contributed by atoms with van der Waals surface area (Å²) >= 11 is 5.01. The second-order valence-electron chi connectivity index (χ2n) is 5.92. The molecule has 0 heterocycles. The van der Waals surface area contributed by atoms with E-state index in [-0.39, 0.29) is 23.3 Å². The molecule has 0 aromatic heterocycles. The van der Waals surface area contributed by atoms with Gasteiger partial charge in [-0.15, -0.1) is 0 Å². The maximum atomic E-state index is 12.1. The molecule has 2 rings (SSSR count). The summed E-state index contributed by atoms with van der Waals surface area (Å²) in [4.78, 5) is 35.4. The van der Waals surface area contributed by atoms with Crippen LogP contribution in [0.1, 0.15) is 35.7 Å². The van der Waals surface area contributed by atoms with Crippen LogP contribution in [0.25, 0.3) is 0 Å². The van der Waals surface area contributed by atoms with Gasteiger partial charge >= 0.3 is 0 Å². The van der Waals surface area contributed by atoms with Gasteiger partial charge in [0.05, 0.1) is 0 Å². The molecule has 2 aromatic rings. The summed E-state index contributed by atoms with van der Waals surface area (Å²) in [5.41, 5.74) is 6.96. The van der Waals surface area contributed by atoms with Crippen LogP contribution in [0.2, 0.25) is 0 Å². The van der Waals surface area contributed by atoms with Gasteiger partial charge < -0.3 is 10.6 Å². The lowest BCUT2D eigenvalue weighted by Crippen LogP contribution is -2.48. The minimum Gasteiger partial charge on any atom is -0.326 e. The molecule has 7 nitrogen and oxygen atoms in total. The molecule has 0 bridgehead atoms. The summed E-state index contributed by atoms with van der Waals surface area (Å²) in [5, 5.41) is 5.22. The molecule has 0 aliphatic heterocycles. The third kappa shape index (κ3) is 7.16. The van der Waals surface area contributed by atoms with Crippen molar-refractivity contribution in [1.82, 2.24) is 16.2 Å². The number of carbonyl (C=O) groups excluding carboxylic acids is 3. The lowest BCUT2D eigenvalue weighted by atomic mass is 10.1. The van der Waals surface area contributed by atoms with Crippen LogP contribution >= 0.6 is 12.2 Å². The molecule has 0 saturated carbocycles. The van der Waals surface area contributed by atoms with E-state index in [0.29, 0.717) is 24.1 Å². The monoisotopic (exact) mass is 398 g/mol. The van der Waals surface area contributed by atoms with Crippen molar-refractivity contribution in [3.63, 3.8) is 0 Å². The number of hydrogen-bond donors (Lipinski definition) is 4. The molecule has 0 fully saturated rings. The van der Waals surface area contributed by atoms with Crippen LogP contribution < -0.4 is 21.5 Å². The molecule has 146 valence electrons. The third-order valence-electron chi connectivity index (χ3n) is 3.78. The Hall–Kier alpha value is -3.26. The number of rotatable bonds is 6. The zero-order valence-corrected chi connectivity index (χ0v) is 16.3. The maximum Gasteiger partial charge on any atom is 0.269 e. The Labute approximate surface area is 168 Å². The summed E-state index contributed by atoms with van der Waals surface area (Å²) in [6.45, 7) is 1.76. The molecule has 28 heavy (non-hydrogen) atoms. The predicted molar refractivity (Wildman–Crippen MR) is 111 cm³/mol. The zero-order valence-electron chi connectivity index (χ0n) is 15.5. The van der Waals surface area contributed by atoms with Gasteiger partial charge in [0.1, 0.15) is 0 Å². The lowest BCUT2D eigenvalue weighted by Gasteiger charge is -2.11. The quantitative estimate of drug-likeness (QED) is 0.442. The summed E-state index contributed by atoms with van der Waals surface area (Å²) < 4.78 is 0. The summed E-state index contributed by atoms with van der Waals surface area (Å²) in [6, 6.07) is 16.1. The van der Waals surface area contributed by atoms with Crippen molar-refractivity contribution in [3.8, 4) is 0 Å². The van der Waals surface area contributed by atoms with Crippen molar-refractivity contribution in [1.29, 1.82) is 0 Å². The topological polar surface area (TPSA) is 99.3 Å². The van der Waals surface area contributed by atoms with Gasteiger partial charge in [-0.05, 0) is 48.5 Å². The summed E-state index contributed by atoms with van der Waals surface area (Å²) in [7, 11) is 0. The molecular formula is C20H22N4O3S. The fourth-order valence-electron chi connectivity index (χ4n) is 2.26. The third-order valence-corrected chi connectivity index (χ3v) is 3.98. The molecule has 0 atom stereocenters. The van der Waals surface area contributed by atoms with E-state index < -0.39 is 5.91 Å². The first-order valence-electron chi connectivity index (χ1n) is 8.82. The molecule has 0 aliphatic carbocycles. The SMILES string of the molecule is CCC(=O)Nc1ccc(C(=O)NNC(=S)NC(=O)CCc2ccccc2)cc1. The standard InChI is InChI=1S/C20H22N4O3S/c1-2-17(25)21-16-11-9-15(10-12-16)19(27)23-24-20(28)22-18(26)13-8-14-6-4-3-5-7-14/h3-7,9-12H,2,8,13H2,1H3,(H,21,25)(H,23,27)(H2,22,24,26,28). The Balaban J connectivity index is 1.73. The Morgan fingerprint density at radius 2 is 1.57 bits per heavy atom. The van der Waals surface area contributed by atoms with E-state index in [1.807, 2.05) is 30.3 Å². The first-order valence-corrected chi connectivity index (χ1v) is 9.22. The second kappa shape index (κ2) is 10.8. The average Bonchev–Trinajstić information content (AvgIpc) is 2.71. The molecule has 8 heteroatoms. The number of carbonyl (C=O) groups is 3. The number of hydrazine groups is 1. The summed E-state index contributed by atoms with van der Waals surface area (Å²) in [5.74, 6) is -0.770.